The summed E-state index contributed by atoms with van der Waals surface area (Å²) in [5.74, 6) is 1.47. The standard InChI is InChI=1S/C18H16N2O2/c1-18(2)20-17(13-8-7-12(19)10-15(13)22-18)16-9-11-5-3-4-6-14(11)21-16/h3-10H,19H2,1-2H3. The Morgan fingerprint density at radius 3 is 2.68 bits per heavy atom. The molecule has 1 aliphatic heterocycles. The molecule has 2 heterocycles. The molecule has 0 unspecified atom stereocenters. The molecule has 1 aromatic heterocycles. The van der Waals surface area contributed by atoms with Crippen molar-refractivity contribution in [1.82, 2.24) is 0 Å². The van der Waals surface area contributed by atoms with Crippen molar-refractivity contribution in [3.63, 3.8) is 0 Å². The molecule has 2 N–H and O–H groups in total. The highest BCUT2D eigenvalue weighted by molar-refractivity contribution is 6.15. The zero-order chi connectivity index (χ0) is 15.3. The Kier molecular flexibility index (Phi) is 2.57. The first-order valence-electron chi connectivity index (χ1n) is 7.20. The van der Waals surface area contributed by atoms with Gasteiger partial charge >= 0.3 is 0 Å². The van der Waals surface area contributed by atoms with E-state index in [4.69, 9.17) is 19.9 Å². The van der Waals surface area contributed by atoms with Gasteiger partial charge in [0.1, 0.15) is 17.0 Å². The molecule has 110 valence electrons. The summed E-state index contributed by atoms with van der Waals surface area (Å²) >= 11 is 0. The molecule has 1 aliphatic rings. The Morgan fingerprint density at radius 1 is 1.05 bits per heavy atom. The molecule has 0 spiro atoms. The summed E-state index contributed by atoms with van der Waals surface area (Å²) in [5.41, 5.74) is 8.42. The molecule has 0 atom stereocenters. The van der Waals surface area contributed by atoms with Crippen LogP contribution in [-0.4, -0.2) is 11.4 Å². The zero-order valence-electron chi connectivity index (χ0n) is 12.5. The summed E-state index contributed by atoms with van der Waals surface area (Å²) in [4.78, 5) is 4.71. The molecule has 0 fully saturated rings. The second kappa shape index (κ2) is 4.37. The monoisotopic (exact) mass is 292 g/mol. The van der Waals surface area contributed by atoms with Crippen LogP contribution in [0, 0.1) is 0 Å². The predicted octanol–water partition coefficient (Wildman–Crippen LogP) is 3.98. The van der Waals surface area contributed by atoms with Gasteiger partial charge in [0.15, 0.2) is 11.5 Å². The second-order valence-electron chi connectivity index (χ2n) is 5.91. The molecule has 0 aliphatic carbocycles. The zero-order valence-corrected chi connectivity index (χ0v) is 12.5. The van der Waals surface area contributed by atoms with Gasteiger partial charge < -0.3 is 14.9 Å². The van der Waals surface area contributed by atoms with Crippen LogP contribution in [0.5, 0.6) is 5.75 Å². The van der Waals surface area contributed by atoms with E-state index >= 15 is 0 Å². The van der Waals surface area contributed by atoms with Gasteiger partial charge in [-0.05, 0) is 38.1 Å². The number of nitrogen functional groups attached to an aromatic ring is 1. The highest BCUT2D eigenvalue weighted by Gasteiger charge is 2.30. The van der Waals surface area contributed by atoms with Crippen molar-refractivity contribution < 1.29 is 9.15 Å². The smallest absolute Gasteiger partial charge is 0.195 e. The minimum Gasteiger partial charge on any atom is -0.466 e. The number of furan rings is 1. The molecule has 2 aromatic carbocycles. The lowest BCUT2D eigenvalue weighted by atomic mass is 10.0. The van der Waals surface area contributed by atoms with Crippen LogP contribution in [0.25, 0.3) is 11.0 Å². The third-order valence-electron chi connectivity index (χ3n) is 3.66. The fourth-order valence-corrected chi connectivity index (χ4v) is 2.73. The SMILES string of the molecule is CC1(C)N=C(c2cc3ccccc3o2)c2ccc(N)cc2O1. The summed E-state index contributed by atoms with van der Waals surface area (Å²) in [6.07, 6.45) is 0. The van der Waals surface area contributed by atoms with E-state index in [9.17, 15) is 0 Å². The van der Waals surface area contributed by atoms with Crippen molar-refractivity contribution in [3.05, 3.63) is 59.9 Å². The van der Waals surface area contributed by atoms with Crippen LogP contribution in [0.4, 0.5) is 5.69 Å². The predicted molar refractivity (Wildman–Crippen MR) is 87.4 cm³/mol. The maximum Gasteiger partial charge on any atom is 0.195 e. The topological polar surface area (TPSA) is 60.8 Å². The second-order valence-corrected chi connectivity index (χ2v) is 5.91. The quantitative estimate of drug-likeness (QED) is 0.690. The van der Waals surface area contributed by atoms with Crippen molar-refractivity contribution in [2.75, 3.05) is 5.73 Å². The molecule has 0 amide bonds. The van der Waals surface area contributed by atoms with Crippen LogP contribution in [0.2, 0.25) is 0 Å². The number of aliphatic imine (C=N–C) groups is 1. The molecular weight excluding hydrogens is 276 g/mol. The Labute approximate surface area is 128 Å². The lowest BCUT2D eigenvalue weighted by Gasteiger charge is -2.29. The number of nitrogens with two attached hydrogens (primary N) is 1. The molecule has 0 bridgehead atoms. The van der Waals surface area contributed by atoms with E-state index < -0.39 is 5.72 Å². The van der Waals surface area contributed by atoms with Gasteiger partial charge in [0.05, 0.1) is 0 Å². The number of anilines is 1. The van der Waals surface area contributed by atoms with Crippen LogP contribution < -0.4 is 10.5 Å². The van der Waals surface area contributed by atoms with E-state index in [1.165, 1.54) is 0 Å². The third-order valence-corrected chi connectivity index (χ3v) is 3.66. The molecule has 0 saturated heterocycles. The lowest BCUT2D eigenvalue weighted by molar-refractivity contribution is 0.115. The van der Waals surface area contributed by atoms with Crippen molar-refractivity contribution in [2.45, 2.75) is 19.6 Å². The van der Waals surface area contributed by atoms with Crippen molar-refractivity contribution in [1.29, 1.82) is 0 Å². The Balaban J connectivity index is 1.94. The van der Waals surface area contributed by atoms with Gasteiger partial charge in [0.25, 0.3) is 0 Å². The van der Waals surface area contributed by atoms with Crippen LogP contribution >= 0.6 is 0 Å². The summed E-state index contributed by atoms with van der Waals surface area (Å²) in [6, 6.07) is 15.5. The molecule has 4 nitrogen and oxygen atoms in total. The third kappa shape index (κ3) is 2.04. The molecule has 4 heteroatoms. The maximum absolute atomic E-state index is 5.97. The number of nitrogens with zero attached hydrogens (tertiary/aromatic N) is 1. The van der Waals surface area contributed by atoms with Crippen molar-refractivity contribution in [2.24, 2.45) is 4.99 Å². The van der Waals surface area contributed by atoms with E-state index in [0.29, 0.717) is 5.69 Å². The van der Waals surface area contributed by atoms with Gasteiger partial charge in [-0.15, -0.1) is 0 Å². The molecule has 22 heavy (non-hydrogen) atoms. The van der Waals surface area contributed by atoms with Crippen molar-refractivity contribution in [3.8, 4) is 5.75 Å². The average Bonchev–Trinajstić information content (AvgIpc) is 2.88. The van der Waals surface area contributed by atoms with E-state index in [-0.39, 0.29) is 0 Å². The molecule has 0 saturated carbocycles. The van der Waals surface area contributed by atoms with Crippen LogP contribution in [-0.2, 0) is 0 Å². The van der Waals surface area contributed by atoms with Gasteiger partial charge in [-0.25, -0.2) is 4.99 Å². The molecule has 3 aromatic rings. The molecule has 0 radical (unpaired) electrons. The summed E-state index contributed by atoms with van der Waals surface area (Å²) in [7, 11) is 0. The average molecular weight is 292 g/mol. The molecule has 4 rings (SSSR count). The van der Waals surface area contributed by atoms with Crippen LogP contribution in [0.3, 0.4) is 0 Å². The number of para-hydroxylation sites is 1. The van der Waals surface area contributed by atoms with E-state index in [2.05, 4.69) is 0 Å². The summed E-state index contributed by atoms with van der Waals surface area (Å²) < 4.78 is 11.9. The summed E-state index contributed by atoms with van der Waals surface area (Å²) in [6.45, 7) is 3.84. The fraction of sp³-hybridized carbons (Fsp3) is 0.167. The van der Waals surface area contributed by atoms with Crippen molar-refractivity contribution >= 4 is 22.4 Å². The highest BCUT2D eigenvalue weighted by atomic mass is 16.5. The number of hydrogen-bond donors (Lipinski definition) is 1. The Morgan fingerprint density at radius 2 is 1.86 bits per heavy atom. The first kappa shape index (κ1) is 13.0. The van der Waals surface area contributed by atoms with Gasteiger partial charge in [-0.3, -0.25) is 0 Å². The van der Waals surface area contributed by atoms with Gasteiger partial charge in [0.2, 0.25) is 0 Å². The maximum atomic E-state index is 5.97. The number of rotatable bonds is 1. The number of benzene rings is 2. The van der Waals surface area contributed by atoms with E-state index in [0.717, 1.165) is 33.8 Å². The van der Waals surface area contributed by atoms with E-state index in [1.807, 2.05) is 62.4 Å². The first-order chi connectivity index (χ1) is 10.5. The first-order valence-corrected chi connectivity index (χ1v) is 7.20. The number of hydrogen-bond acceptors (Lipinski definition) is 4. The highest BCUT2D eigenvalue weighted by Crippen LogP contribution is 2.35. The van der Waals surface area contributed by atoms with Gasteiger partial charge in [-0.2, -0.15) is 0 Å². The molecular formula is C18H16N2O2. The minimum atomic E-state index is -0.658. The lowest BCUT2D eigenvalue weighted by Crippen LogP contribution is -2.32. The fourth-order valence-electron chi connectivity index (χ4n) is 2.73. The van der Waals surface area contributed by atoms with Crippen LogP contribution in [0.1, 0.15) is 25.2 Å². The largest absolute Gasteiger partial charge is 0.466 e. The normalized spacial score (nSPS) is 16.0. The Hall–Kier alpha value is -2.75. The van der Waals surface area contributed by atoms with Crippen LogP contribution in [0.15, 0.2) is 57.9 Å². The van der Waals surface area contributed by atoms with Gasteiger partial charge in [-0.1, -0.05) is 18.2 Å². The van der Waals surface area contributed by atoms with E-state index in [1.54, 1.807) is 0 Å². The summed E-state index contributed by atoms with van der Waals surface area (Å²) in [5, 5.41) is 1.06. The minimum absolute atomic E-state index is 0.658. The number of ether oxygens (including phenoxy) is 1. The number of fused-ring (bicyclic) bond motifs is 2. The van der Waals surface area contributed by atoms with Gasteiger partial charge in [0, 0.05) is 22.7 Å². The Bertz CT molecular complexity index is 873.